The van der Waals surface area contributed by atoms with Crippen molar-refractivity contribution < 1.29 is 14.0 Å². The molecule has 1 fully saturated rings. The van der Waals surface area contributed by atoms with Crippen molar-refractivity contribution in [3.63, 3.8) is 0 Å². The number of likely N-dealkylation sites (tertiary alicyclic amines) is 1. The van der Waals surface area contributed by atoms with Gasteiger partial charge in [0.05, 0.1) is 5.54 Å². The first-order valence-electron chi connectivity index (χ1n) is 11.0. The number of carbonyl (C=O) groups is 2. The van der Waals surface area contributed by atoms with E-state index in [1.807, 2.05) is 67.6 Å². The minimum atomic E-state index is -0.652. The highest BCUT2D eigenvalue weighted by atomic mass is 19.1. The van der Waals surface area contributed by atoms with Crippen molar-refractivity contribution in [2.24, 2.45) is 5.92 Å². The molecule has 0 spiro atoms. The van der Waals surface area contributed by atoms with Crippen LogP contribution in [-0.4, -0.2) is 29.8 Å². The lowest BCUT2D eigenvalue weighted by Gasteiger charge is -2.36. The Morgan fingerprint density at radius 2 is 1.34 bits per heavy atom. The average molecular weight is 431 g/mol. The minimum absolute atomic E-state index is 0.00547. The molecular weight excluding hydrogens is 403 g/mol. The molecule has 3 aromatic carbocycles. The molecule has 1 aliphatic rings. The van der Waals surface area contributed by atoms with Crippen LogP contribution in [0.5, 0.6) is 0 Å². The Bertz CT molecular complexity index is 1020. The van der Waals surface area contributed by atoms with E-state index in [1.54, 1.807) is 4.90 Å². The number of hydrogen-bond donors (Lipinski definition) is 1. The lowest BCUT2D eigenvalue weighted by molar-refractivity contribution is -0.127. The van der Waals surface area contributed by atoms with Gasteiger partial charge in [-0.2, -0.15) is 0 Å². The molecule has 3 aromatic rings. The maximum absolute atomic E-state index is 13.3. The van der Waals surface area contributed by atoms with E-state index in [2.05, 4.69) is 5.32 Å². The molecule has 1 heterocycles. The highest BCUT2D eigenvalue weighted by molar-refractivity contribution is 5.94. The van der Waals surface area contributed by atoms with E-state index in [0.29, 0.717) is 31.5 Å². The molecule has 0 aliphatic carbocycles. The fourth-order valence-electron chi connectivity index (χ4n) is 4.32. The van der Waals surface area contributed by atoms with Gasteiger partial charge >= 0.3 is 0 Å². The van der Waals surface area contributed by atoms with Gasteiger partial charge in [0.25, 0.3) is 5.91 Å². The van der Waals surface area contributed by atoms with Crippen molar-refractivity contribution in [3.8, 4) is 0 Å². The Balaban J connectivity index is 1.45. The van der Waals surface area contributed by atoms with E-state index in [4.69, 9.17) is 0 Å². The Morgan fingerprint density at radius 3 is 1.84 bits per heavy atom. The van der Waals surface area contributed by atoms with Gasteiger partial charge in [-0.05, 0) is 55.2 Å². The molecule has 0 radical (unpaired) electrons. The lowest BCUT2D eigenvalue weighted by atomic mass is 9.83. The van der Waals surface area contributed by atoms with Gasteiger partial charge in [0.15, 0.2) is 0 Å². The van der Waals surface area contributed by atoms with Crippen LogP contribution < -0.4 is 5.32 Å². The zero-order valence-electron chi connectivity index (χ0n) is 18.1. The van der Waals surface area contributed by atoms with Gasteiger partial charge in [0.2, 0.25) is 5.91 Å². The minimum Gasteiger partial charge on any atom is -0.343 e. The SMILES string of the molecule is CC(NC(=O)C1CCN(C(=O)c2ccc(F)cc2)CC1)(c1ccccc1)c1ccccc1. The number of hydrogen-bond acceptors (Lipinski definition) is 2. The van der Waals surface area contributed by atoms with Gasteiger partial charge < -0.3 is 10.2 Å². The molecule has 1 N–H and O–H groups in total. The molecule has 0 saturated carbocycles. The second-order valence-corrected chi connectivity index (χ2v) is 8.42. The first kappa shape index (κ1) is 21.8. The summed E-state index contributed by atoms with van der Waals surface area (Å²) in [7, 11) is 0. The highest BCUT2D eigenvalue weighted by Gasteiger charge is 2.35. The summed E-state index contributed by atoms with van der Waals surface area (Å²) in [5.41, 5.74) is 1.85. The maximum atomic E-state index is 13.3. The van der Waals surface area contributed by atoms with Crippen LogP contribution in [0.15, 0.2) is 84.9 Å². The number of nitrogens with zero attached hydrogens (tertiary/aromatic N) is 1. The standard InChI is InChI=1S/C27H27FN2O2/c1-27(22-8-4-2-5-9-22,23-10-6-3-7-11-23)29-25(31)20-16-18-30(19-17-20)26(32)21-12-14-24(28)15-13-21/h2-15,20H,16-19H2,1H3,(H,29,31). The summed E-state index contributed by atoms with van der Waals surface area (Å²) in [5.74, 6) is -0.660. The molecule has 0 atom stereocenters. The summed E-state index contributed by atoms with van der Waals surface area (Å²) in [6, 6.07) is 25.5. The number of nitrogens with one attached hydrogen (secondary N) is 1. The summed E-state index contributed by atoms with van der Waals surface area (Å²) >= 11 is 0. The van der Waals surface area contributed by atoms with Crippen molar-refractivity contribution in [1.82, 2.24) is 10.2 Å². The van der Waals surface area contributed by atoms with Crippen molar-refractivity contribution in [2.75, 3.05) is 13.1 Å². The van der Waals surface area contributed by atoms with Gasteiger partial charge in [-0.15, -0.1) is 0 Å². The fourth-order valence-corrected chi connectivity index (χ4v) is 4.32. The first-order chi connectivity index (χ1) is 15.5. The number of benzene rings is 3. The van der Waals surface area contributed by atoms with Gasteiger partial charge in [-0.25, -0.2) is 4.39 Å². The molecule has 0 aromatic heterocycles. The summed E-state index contributed by atoms with van der Waals surface area (Å²) in [5, 5.41) is 3.29. The van der Waals surface area contributed by atoms with Crippen LogP contribution in [0.2, 0.25) is 0 Å². The Hall–Kier alpha value is -3.47. The Morgan fingerprint density at radius 1 is 0.844 bits per heavy atom. The maximum Gasteiger partial charge on any atom is 0.253 e. The molecule has 4 nitrogen and oxygen atoms in total. The van der Waals surface area contributed by atoms with Crippen LogP contribution >= 0.6 is 0 Å². The van der Waals surface area contributed by atoms with Crippen LogP contribution in [0.25, 0.3) is 0 Å². The predicted octanol–water partition coefficient (Wildman–Crippen LogP) is 4.76. The van der Waals surface area contributed by atoms with Crippen molar-refractivity contribution in [2.45, 2.75) is 25.3 Å². The van der Waals surface area contributed by atoms with Gasteiger partial charge in [-0.1, -0.05) is 60.7 Å². The molecule has 1 aliphatic heterocycles. The number of amides is 2. The Kier molecular flexibility index (Phi) is 6.35. The van der Waals surface area contributed by atoms with E-state index < -0.39 is 5.54 Å². The number of piperidine rings is 1. The average Bonchev–Trinajstić information content (AvgIpc) is 2.85. The molecular formula is C27H27FN2O2. The van der Waals surface area contributed by atoms with Crippen molar-refractivity contribution >= 4 is 11.8 Å². The quantitative estimate of drug-likeness (QED) is 0.635. The first-order valence-corrected chi connectivity index (χ1v) is 11.0. The normalized spacial score (nSPS) is 14.8. The molecule has 0 unspecified atom stereocenters. The zero-order chi connectivity index (χ0) is 22.6. The zero-order valence-corrected chi connectivity index (χ0v) is 18.1. The molecule has 5 heteroatoms. The van der Waals surface area contributed by atoms with Crippen LogP contribution in [0.3, 0.4) is 0 Å². The van der Waals surface area contributed by atoms with Gasteiger partial charge in [0.1, 0.15) is 5.82 Å². The van der Waals surface area contributed by atoms with Gasteiger partial charge in [-0.3, -0.25) is 9.59 Å². The third-order valence-electron chi connectivity index (χ3n) is 6.32. The topological polar surface area (TPSA) is 49.4 Å². The monoisotopic (exact) mass is 430 g/mol. The van der Waals surface area contributed by atoms with Crippen LogP contribution in [0, 0.1) is 11.7 Å². The van der Waals surface area contributed by atoms with Crippen LogP contribution in [0.4, 0.5) is 4.39 Å². The highest BCUT2D eigenvalue weighted by Crippen LogP contribution is 2.30. The molecule has 0 bridgehead atoms. The van der Waals surface area contributed by atoms with Crippen molar-refractivity contribution in [1.29, 1.82) is 0 Å². The van der Waals surface area contributed by atoms with E-state index in [-0.39, 0.29) is 23.5 Å². The predicted molar refractivity (Wildman–Crippen MR) is 123 cm³/mol. The van der Waals surface area contributed by atoms with Crippen molar-refractivity contribution in [3.05, 3.63) is 107 Å². The smallest absolute Gasteiger partial charge is 0.253 e. The summed E-state index contributed by atoms with van der Waals surface area (Å²) in [6.07, 6.45) is 1.19. The lowest BCUT2D eigenvalue weighted by Crippen LogP contribution is -2.49. The van der Waals surface area contributed by atoms with E-state index in [9.17, 15) is 14.0 Å². The molecule has 32 heavy (non-hydrogen) atoms. The summed E-state index contributed by atoms with van der Waals surface area (Å²) < 4.78 is 13.1. The third kappa shape index (κ3) is 4.57. The molecule has 2 amide bonds. The molecule has 4 rings (SSSR count). The molecule has 164 valence electrons. The molecule has 1 saturated heterocycles. The van der Waals surface area contributed by atoms with Gasteiger partial charge in [0, 0.05) is 24.6 Å². The second-order valence-electron chi connectivity index (χ2n) is 8.42. The van der Waals surface area contributed by atoms with E-state index in [1.165, 1.54) is 24.3 Å². The second kappa shape index (κ2) is 9.35. The van der Waals surface area contributed by atoms with E-state index in [0.717, 1.165) is 11.1 Å². The third-order valence-corrected chi connectivity index (χ3v) is 6.32. The number of rotatable bonds is 5. The fraction of sp³-hybridized carbons (Fsp3) is 0.259. The summed E-state index contributed by atoms with van der Waals surface area (Å²) in [6.45, 7) is 3.03. The summed E-state index contributed by atoms with van der Waals surface area (Å²) in [4.78, 5) is 27.7. The number of halogens is 1. The Labute approximate surface area is 188 Å². The number of carbonyl (C=O) groups excluding carboxylic acids is 2. The van der Waals surface area contributed by atoms with Crippen LogP contribution in [0.1, 0.15) is 41.3 Å². The van der Waals surface area contributed by atoms with E-state index >= 15 is 0 Å². The largest absolute Gasteiger partial charge is 0.343 e. The van der Waals surface area contributed by atoms with Crippen LogP contribution in [-0.2, 0) is 10.3 Å².